The van der Waals surface area contributed by atoms with Crippen molar-refractivity contribution in [3.8, 4) is 17.6 Å². The summed E-state index contributed by atoms with van der Waals surface area (Å²) in [6.07, 6.45) is 6.10. The van der Waals surface area contributed by atoms with Crippen LogP contribution in [-0.2, 0) is 9.53 Å². The van der Waals surface area contributed by atoms with Crippen LogP contribution in [-0.4, -0.2) is 5.97 Å². The van der Waals surface area contributed by atoms with Gasteiger partial charge in [0.15, 0.2) is 0 Å². The first-order valence-electron chi connectivity index (χ1n) is 10.1. The van der Waals surface area contributed by atoms with Gasteiger partial charge in [-0.15, -0.1) is 0 Å². The lowest BCUT2D eigenvalue weighted by Gasteiger charge is -2.14. The van der Waals surface area contributed by atoms with E-state index in [9.17, 15) is 10.1 Å². The maximum atomic E-state index is 12.9. The van der Waals surface area contributed by atoms with Gasteiger partial charge >= 0.3 is 5.97 Å². The minimum atomic E-state index is -0.901. The van der Waals surface area contributed by atoms with Crippen LogP contribution in [0.2, 0.25) is 0 Å². The number of hydrogen-bond acceptors (Lipinski definition) is 4. The van der Waals surface area contributed by atoms with Crippen LogP contribution < -0.4 is 4.74 Å². The Hall–Kier alpha value is -2.80. The molecule has 0 radical (unpaired) electrons. The van der Waals surface area contributed by atoms with Crippen molar-refractivity contribution >= 4 is 5.97 Å². The fourth-order valence-corrected chi connectivity index (χ4v) is 5.62. The number of benzene rings is 2. The van der Waals surface area contributed by atoms with Crippen LogP contribution >= 0.6 is 0 Å². The fourth-order valence-electron chi connectivity index (χ4n) is 5.62. The third kappa shape index (κ3) is 2.61. The van der Waals surface area contributed by atoms with E-state index in [0.29, 0.717) is 11.3 Å². The second-order valence-electron chi connectivity index (χ2n) is 8.39. The highest BCUT2D eigenvalue weighted by molar-refractivity contribution is 5.81. The maximum Gasteiger partial charge on any atom is 0.311 e. The number of fused-ring (bicyclic) bond motifs is 1. The van der Waals surface area contributed by atoms with Crippen molar-refractivity contribution in [2.45, 2.75) is 44.6 Å². The molecule has 0 amide bonds. The molecule has 0 aromatic heterocycles. The monoisotopic (exact) mass is 373 g/mol. The van der Waals surface area contributed by atoms with Gasteiger partial charge < -0.3 is 9.47 Å². The molecule has 3 aliphatic carbocycles. The summed E-state index contributed by atoms with van der Waals surface area (Å²) in [6.45, 7) is 0. The van der Waals surface area contributed by atoms with Gasteiger partial charge in [0.1, 0.15) is 17.6 Å². The molecule has 142 valence electrons. The number of rotatable bonds is 5. The predicted octanol–water partition coefficient (Wildman–Crippen LogP) is 5.56. The second-order valence-corrected chi connectivity index (χ2v) is 8.39. The molecular formula is C24H23NO3. The van der Waals surface area contributed by atoms with Crippen LogP contribution in [0.5, 0.6) is 11.5 Å². The number of nitriles is 1. The predicted molar refractivity (Wildman–Crippen MR) is 103 cm³/mol. The molecule has 0 heterocycles. The van der Waals surface area contributed by atoms with E-state index in [1.807, 2.05) is 48.5 Å². The molecule has 2 aromatic rings. The Bertz CT molecular complexity index is 936. The number of para-hydroxylation sites is 1. The molecule has 5 rings (SSSR count). The largest absolute Gasteiger partial charge is 0.457 e. The van der Waals surface area contributed by atoms with Gasteiger partial charge in [-0.3, -0.25) is 4.79 Å². The summed E-state index contributed by atoms with van der Waals surface area (Å²) in [5.74, 6) is 1.17. The molecule has 0 N–H and O–H groups in total. The standard InChI is InChI=1S/C24H23NO3/c25-16-20(17-7-6-10-19(15-17)27-18-8-2-1-3-9-18)28-22(26)21-23(11-4-5-12-23)24(21)13-14-24/h1-3,6-10,15,20-21H,4-5,11-14H2. The molecule has 4 nitrogen and oxygen atoms in total. The number of nitrogens with zero attached hydrogens (tertiary/aromatic N) is 1. The molecule has 4 heteroatoms. The summed E-state index contributed by atoms with van der Waals surface area (Å²) in [6, 6.07) is 18.9. The first kappa shape index (κ1) is 17.3. The highest BCUT2D eigenvalue weighted by Gasteiger charge is 2.84. The zero-order valence-corrected chi connectivity index (χ0v) is 15.8. The van der Waals surface area contributed by atoms with Crippen LogP contribution in [0.25, 0.3) is 0 Å². The number of hydrogen-bond donors (Lipinski definition) is 0. The average molecular weight is 373 g/mol. The lowest BCUT2D eigenvalue weighted by atomic mass is 9.99. The smallest absolute Gasteiger partial charge is 0.311 e. The van der Waals surface area contributed by atoms with E-state index in [1.54, 1.807) is 6.07 Å². The molecule has 28 heavy (non-hydrogen) atoms. The van der Waals surface area contributed by atoms with E-state index < -0.39 is 6.10 Å². The van der Waals surface area contributed by atoms with Crippen molar-refractivity contribution in [2.24, 2.45) is 16.7 Å². The normalized spacial score (nSPS) is 23.8. The van der Waals surface area contributed by atoms with Crippen molar-refractivity contribution in [1.82, 2.24) is 0 Å². The zero-order chi connectivity index (χ0) is 19.2. The van der Waals surface area contributed by atoms with Gasteiger partial charge in [-0.2, -0.15) is 5.26 Å². The molecule has 0 saturated heterocycles. The molecule has 0 bridgehead atoms. The molecule has 2 unspecified atom stereocenters. The SMILES string of the molecule is N#CC(OC(=O)C1C2(CCCC2)C12CC2)c1cccc(Oc2ccccc2)c1. The quantitative estimate of drug-likeness (QED) is 0.644. The van der Waals surface area contributed by atoms with Gasteiger partial charge in [0.25, 0.3) is 0 Å². The Morgan fingerprint density at radius 2 is 1.64 bits per heavy atom. The second kappa shape index (κ2) is 6.38. The minimum absolute atomic E-state index is 0.00195. The molecule has 3 aliphatic rings. The first-order valence-corrected chi connectivity index (χ1v) is 10.1. The van der Waals surface area contributed by atoms with E-state index in [-0.39, 0.29) is 22.7 Å². The fraction of sp³-hybridized carbons (Fsp3) is 0.417. The summed E-state index contributed by atoms with van der Waals surface area (Å²) in [5, 5.41) is 9.65. The van der Waals surface area contributed by atoms with Gasteiger partial charge in [0.2, 0.25) is 6.10 Å². The number of esters is 1. The van der Waals surface area contributed by atoms with E-state index in [1.165, 1.54) is 12.8 Å². The number of carbonyl (C=O) groups is 1. The number of carbonyl (C=O) groups excluding carboxylic acids is 1. The van der Waals surface area contributed by atoms with E-state index in [4.69, 9.17) is 9.47 Å². The molecule has 3 saturated carbocycles. The lowest BCUT2D eigenvalue weighted by Crippen LogP contribution is -2.15. The van der Waals surface area contributed by atoms with Crippen LogP contribution in [0.3, 0.4) is 0 Å². The molecule has 3 fully saturated rings. The Morgan fingerprint density at radius 3 is 2.32 bits per heavy atom. The molecule has 0 aliphatic heterocycles. The summed E-state index contributed by atoms with van der Waals surface area (Å²) in [5.41, 5.74) is 1.04. The van der Waals surface area contributed by atoms with Gasteiger partial charge in [-0.1, -0.05) is 43.2 Å². The van der Waals surface area contributed by atoms with Crippen molar-refractivity contribution in [3.05, 3.63) is 60.2 Å². The van der Waals surface area contributed by atoms with Gasteiger partial charge in [0.05, 0.1) is 5.92 Å². The zero-order valence-electron chi connectivity index (χ0n) is 15.8. The Morgan fingerprint density at radius 1 is 0.964 bits per heavy atom. The van der Waals surface area contributed by atoms with Gasteiger partial charge in [0, 0.05) is 5.56 Å². The minimum Gasteiger partial charge on any atom is -0.457 e. The van der Waals surface area contributed by atoms with Crippen molar-refractivity contribution in [3.63, 3.8) is 0 Å². The van der Waals surface area contributed by atoms with Crippen LogP contribution in [0, 0.1) is 28.1 Å². The van der Waals surface area contributed by atoms with Gasteiger partial charge in [-0.05, 0) is 60.8 Å². The maximum absolute atomic E-state index is 12.9. The Balaban J connectivity index is 1.31. The Kier molecular flexibility index (Phi) is 3.94. The third-order valence-electron chi connectivity index (χ3n) is 7.02. The lowest BCUT2D eigenvalue weighted by molar-refractivity contribution is -0.149. The van der Waals surface area contributed by atoms with E-state index >= 15 is 0 Å². The summed E-state index contributed by atoms with van der Waals surface area (Å²) in [4.78, 5) is 12.9. The molecule has 2 spiro atoms. The van der Waals surface area contributed by atoms with Crippen molar-refractivity contribution in [2.75, 3.05) is 0 Å². The molecule has 2 atom stereocenters. The van der Waals surface area contributed by atoms with Gasteiger partial charge in [-0.25, -0.2) is 0 Å². The van der Waals surface area contributed by atoms with E-state index in [0.717, 1.165) is 31.4 Å². The summed E-state index contributed by atoms with van der Waals surface area (Å²) in [7, 11) is 0. The number of ether oxygens (including phenoxy) is 2. The van der Waals surface area contributed by atoms with Crippen LogP contribution in [0.1, 0.15) is 50.2 Å². The third-order valence-corrected chi connectivity index (χ3v) is 7.02. The molecular weight excluding hydrogens is 350 g/mol. The first-order chi connectivity index (χ1) is 13.7. The molecule has 2 aromatic carbocycles. The summed E-state index contributed by atoms with van der Waals surface area (Å²) < 4.78 is 11.6. The van der Waals surface area contributed by atoms with Crippen LogP contribution in [0.4, 0.5) is 0 Å². The highest BCUT2D eigenvalue weighted by Crippen LogP contribution is 2.87. The van der Waals surface area contributed by atoms with Crippen molar-refractivity contribution in [1.29, 1.82) is 5.26 Å². The van der Waals surface area contributed by atoms with E-state index in [2.05, 4.69) is 6.07 Å². The van der Waals surface area contributed by atoms with Crippen molar-refractivity contribution < 1.29 is 14.3 Å². The Labute approximate surface area is 165 Å². The topological polar surface area (TPSA) is 59.3 Å². The van der Waals surface area contributed by atoms with Crippen LogP contribution in [0.15, 0.2) is 54.6 Å². The average Bonchev–Trinajstić information content (AvgIpc) is 3.54. The highest BCUT2D eigenvalue weighted by atomic mass is 16.5. The summed E-state index contributed by atoms with van der Waals surface area (Å²) >= 11 is 0.